The van der Waals surface area contributed by atoms with Crippen LogP contribution in [0.15, 0.2) is 54.6 Å². The Hall–Kier alpha value is -2.11. The Morgan fingerprint density at radius 3 is 2.12 bits per heavy atom. The summed E-state index contributed by atoms with van der Waals surface area (Å²) < 4.78 is 0. The van der Waals surface area contributed by atoms with E-state index >= 15 is 0 Å². The van der Waals surface area contributed by atoms with Crippen molar-refractivity contribution in [2.24, 2.45) is 0 Å². The number of nitriles is 1. The van der Waals surface area contributed by atoms with Gasteiger partial charge in [-0.15, -0.1) is 0 Å². The van der Waals surface area contributed by atoms with Gasteiger partial charge in [0, 0.05) is 6.54 Å². The highest BCUT2D eigenvalue weighted by Crippen LogP contribution is 2.37. The largest absolute Gasteiger partial charge is 0.304 e. The lowest BCUT2D eigenvalue weighted by Crippen LogP contribution is -2.34. The van der Waals surface area contributed by atoms with Gasteiger partial charge in [0.25, 0.3) is 0 Å². The van der Waals surface area contributed by atoms with E-state index in [0.29, 0.717) is 0 Å². The Morgan fingerprint density at radius 1 is 0.917 bits per heavy atom. The van der Waals surface area contributed by atoms with Crippen LogP contribution in [0.4, 0.5) is 0 Å². The molecule has 0 spiro atoms. The lowest BCUT2D eigenvalue weighted by atomic mass is 9.71. The van der Waals surface area contributed by atoms with Crippen LogP contribution in [-0.4, -0.2) is 24.5 Å². The van der Waals surface area contributed by atoms with E-state index in [2.05, 4.69) is 68.1 Å². The van der Waals surface area contributed by atoms with Crippen LogP contribution in [0, 0.1) is 11.3 Å². The Kier molecular flexibility index (Phi) is 6.58. The number of hydrogen-bond acceptors (Lipinski definition) is 2. The average molecular weight is 320 g/mol. The van der Waals surface area contributed by atoms with Crippen LogP contribution in [0.3, 0.4) is 0 Å². The molecule has 0 heterocycles. The summed E-state index contributed by atoms with van der Waals surface area (Å²) in [4.78, 5) is 2.39. The first-order valence-electron chi connectivity index (χ1n) is 8.99. The Bertz CT molecular complexity index is 668. The molecule has 0 saturated heterocycles. The van der Waals surface area contributed by atoms with E-state index in [1.54, 1.807) is 0 Å². The van der Waals surface area contributed by atoms with E-state index in [9.17, 15) is 5.26 Å². The van der Waals surface area contributed by atoms with Gasteiger partial charge in [-0.25, -0.2) is 0 Å². The molecule has 0 saturated carbocycles. The van der Waals surface area contributed by atoms with E-state index in [1.807, 2.05) is 18.2 Å². The lowest BCUT2D eigenvalue weighted by molar-refractivity contribution is 0.284. The minimum absolute atomic E-state index is 0.587. The van der Waals surface area contributed by atoms with Crippen molar-refractivity contribution in [2.45, 2.75) is 39.0 Å². The topological polar surface area (TPSA) is 27.0 Å². The van der Waals surface area contributed by atoms with Crippen LogP contribution in [0.2, 0.25) is 0 Å². The van der Waals surface area contributed by atoms with Crippen molar-refractivity contribution in [3.05, 3.63) is 71.3 Å². The lowest BCUT2D eigenvalue weighted by Gasteiger charge is -2.32. The quantitative estimate of drug-likeness (QED) is 0.699. The number of hydrogen-bond donors (Lipinski definition) is 0. The molecule has 0 fully saturated rings. The number of benzene rings is 2. The maximum atomic E-state index is 10.3. The van der Waals surface area contributed by atoms with Gasteiger partial charge < -0.3 is 4.90 Å². The Labute approximate surface area is 146 Å². The number of aryl methyl sites for hydroxylation is 1. The number of rotatable bonds is 8. The molecule has 0 amide bonds. The van der Waals surface area contributed by atoms with Gasteiger partial charge in [-0.05, 0) is 42.6 Å². The normalized spacial score (nSPS) is 13.5. The summed E-state index contributed by atoms with van der Waals surface area (Å²) in [5, 5.41) is 10.3. The SMILES string of the molecule is CCc1ccccc1C(C#N)(CCN(CC)CC)c1ccccc1. The van der Waals surface area contributed by atoms with Crippen LogP contribution in [0.5, 0.6) is 0 Å². The third kappa shape index (κ3) is 3.68. The van der Waals surface area contributed by atoms with E-state index in [4.69, 9.17) is 0 Å². The molecule has 0 aliphatic heterocycles. The second kappa shape index (κ2) is 8.66. The van der Waals surface area contributed by atoms with Gasteiger partial charge in [-0.3, -0.25) is 0 Å². The molecule has 0 N–H and O–H groups in total. The van der Waals surface area contributed by atoms with Crippen molar-refractivity contribution in [3.63, 3.8) is 0 Å². The molecule has 126 valence electrons. The van der Waals surface area contributed by atoms with E-state index < -0.39 is 5.41 Å². The molecule has 1 unspecified atom stereocenters. The summed E-state index contributed by atoms with van der Waals surface area (Å²) in [6.07, 6.45) is 1.75. The molecule has 1 atom stereocenters. The van der Waals surface area contributed by atoms with Crippen molar-refractivity contribution in [3.8, 4) is 6.07 Å². The first-order valence-corrected chi connectivity index (χ1v) is 8.99. The molecule has 0 aliphatic rings. The van der Waals surface area contributed by atoms with Gasteiger partial charge >= 0.3 is 0 Å². The molecule has 0 radical (unpaired) electrons. The smallest absolute Gasteiger partial charge is 0.109 e. The molecule has 0 aliphatic carbocycles. The molecule has 24 heavy (non-hydrogen) atoms. The summed E-state index contributed by atoms with van der Waals surface area (Å²) in [5.74, 6) is 0. The highest BCUT2D eigenvalue weighted by Gasteiger charge is 2.36. The van der Waals surface area contributed by atoms with Crippen molar-refractivity contribution in [1.29, 1.82) is 5.26 Å². The van der Waals surface area contributed by atoms with Crippen LogP contribution in [0.25, 0.3) is 0 Å². The molecule has 2 rings (SSSR count). The Balaban J connectivity index is 2.54. The summed E-state index contributed by atoms with van der Waals surface area (Å²) in [7, 11) is 0. The van der Waals surface area contributed by atoms with Crippen LogP contribution >= 0.6 is 0 Å². The van der Waals surface area contributed by atoms with Crippen molar-refractivity contribution >= 4 is 0 Å². The summed E-state index contributed by atoms with van der Waals surface area (Å²) in [6.45, 7) is 9.48. The Morgan fingerprint density at radius 2 is 1.54 bits per heavy atom. The predicted molar refractivity (Wildman–Crippen MR) is 101 cm³/mol. The molecular weight excluding hydrogens is 292 g/mol. The maximum Gasteiger partial charge on any atom is 0.109 e. The zero-order valence-corrected chi connectivity index (χ0v) is 15.1. The van der Waals surface area contributed by atoms with Crippen LogP contribution in [-0.2, 0) is 11.8 Å². The van der Waals surface area contributed by atoms with Crippen molar-refractivity contribution < 1.29 is 0 Å². The van der Waals surface area contributed by atoms with Gasteiger partial charge in [0.2, 0.25) is 0 Å². The maximum absolute atomic E-state index is 10.3. The third-order valence-corrected chi connectivity index (χ3v) is 5.01. The molecule has 2 heteroatoms. The van der Waals surface area contributed by atoms with Gasteiger partial charge in [-0.2, -0.15) is 5.26 Å². The van der Waals surface area contributed by atoms with Crippen molar-refractivity contribution in [2.75, 3.05) is 19.6 Å². The average Bonchev–Trinajstić information content (AvgIpc) is 2.66. The second-order valence-electron chi connectivity index (χ2n) is 6.17. The standard InChI is InChI=1S/C22H28N2/c1-4-19-12-10-11-15-21(19)22(18-23,16-17-24(5-2)6-3)20-13-8-7-9-14-20/h7-15H,4-6,16-17H2,1-3H3. The minimum Gasteiger partial charge on any atom is -0.304 e. The highest BCUT2D eigenvalue weighted by molar-refractivity contribution is 5.49. The first-order chi connectivity index (χ1) is 11.7. The predicted octanol–water partition coefficient (Wildman–Crippen LogP) is 4.79. The second-order valence-corrected chi connectivity index (χ2v) is 6.17. The van der Waals surface area contributed by atoms with Gasteiger partial charge in [-0.1, -0.05) is 75.4 Å². The van der Waals surface area contributed by atoms with Crippen LogP contribution in [0.1, 0.15) is 43.9 Å². The first kappa shape index (κ1) is 18.2. The molecule has 2 nitrogen and oxygen atoms in total. The third-order valence-electron chi connectivity index (χ3n) is 5.01. The molecule has 0 bridgehead atoms. The zero-order valence-electron chi connectivity index (χ0n) is 15.1. The van der Waals surface area contributed by atoms with E-state index in [-0.39, 0.29) is 0 Å². The molecule has 2 aromatic rings. The molecule has 0 aromatic heterocycles. The van der Waals surface area contributed by atoms with E-state index in [0.717, 1.165) is 43.6 Å². The zero-order chi connectivity index (χ0) is 17.4. The summed E-state index contributed by atoms with van der Waals surface area (Å²) >= 11 is 0. The summed E-state index contributed by atoms with van der Waals surface area (Å²) in [5.41, 5.74) is 2.94. The monoisotopic (exact) mass is 320 g/mol. The highest BCUT2D eigenvalue weighted by atomic mass is 15.1. The van der Waals surface area contributed by atoms with Crippen molar-refractivity contribution in [1.82, 2.24) is 4.90 Å². The number of nitrogens with zero attached hydrogens (tertiary/aromatic N) is 2. The van der Waals surface area contributed by atoms with E-state index in [1.165, 1.54) is 5.56 Å². The fourth-order valence-electron chi connectivity index (χ4n) is 3.45. The van der Waals surface area contributed by atoms with Gasteiger partial charge in [0.15, 0.2) is 0 Å². The fourth-order valence-corrected chi connectivity index (χ4v) is 3.45. The molecule has 2 aromatic carbocycles. The van der Waals surface area contributed by atoms with Gasteiger partial charge in [0.05, 0.1) is 6.07 Å². The molecular formula is C22H28N2. The summed E-state index contributed by atoms with van der Waals surface area (Å²) in [6, 6.07) is 21.4. The van der Waals surface area contributed by atoms with Crippen LogP contribution < -0.4 is 0 Å². The fraction of sp³-hybridized carbons (Fsp3) is 0.409. The van der Waals surface area contributed by atoms with Gasteiger partial charge in [0.1, 0.15) is 5.41 Å². The minimum atomic E-state index is -0.587.